The van der Waals surface area contributed by atoms with Gasteiger partial charge in [-0.15, -0.1) is 0 Å². The van der Waals surface area contributed by atoms with Crippen LogP contribution in [0.15, 0.2) is 41.3 Å². The quantitative estimate of drug-likeness (QED) is 0.935. The lowest BCUT2D eigenvalue weighted by Crippen LogP contribution is -2.34. The SMILES string of the molecule is COc1ccc([C@@H]2CCCN2C(=O)c2ccc[nH]c2=O)cc1OC. The molecule has 0 bridgehead atoms. The summed E-state index contributed by atoms with van der Waals surface area (Å²) in [7, 11) is 3.17. The van der Waals surface area contributed by atoms with Gasteiger partial charge in [0.1, 0.15) is 5.56 Å². The summed E-state index contributed by atoms with van der Waals surface area (Å²) in [6, 6.07) is 8.82. The third kappa shape index (κ3) is 2.87. The van der Waals surface area contributed by atoms with Gasteiger partial charge >= 0.3 is 0 Å². The number of amides is 1. The molecule has 1 amide bonds. The fourth-order valence-corrected chi connectivity index (χ4v) is 3.16. The van der Waals surface area contributed by atoms with Crippen molar-refractivity contribution < 1.29 is 14.3 Å². The zero-order valence-corrected chi connectivity index (χ0v) is 13.7. The Bertz CT molecular complexity index is 800. The van der Waals surface area contributed by atoms with Gasteiger partial charge in [0.05, 0.1) is 20.3 Å². The lowest BCUT2D eigenvalue weighted by atomic mass is 10.0. The van der Waals surface area contributed by atoms with Crippen LogP contribution in [0, 0.1) is 0 Å². The molecule has 126 valence electrons. The Morgan fingerprint density at radius 1 is 1.21 bits per heavy atom. The molecule has 24 heavy (non-hydrogen) atoms. The fraction of sp³-hybridized carbons (Fsp3) is 0.333. The zero-order valence-electron chi connectivity index (χ0n) is 13.7. The molecular formula is C18H20N2O4. The van der Waals surface area contributed by atoms with Gasteiger partial charge in [0.2, 0.25) is 0 Å². The highest BCUT2D eigenvalue weighted by molar-refractivity contribution is 5.94. The minimum Gasteiger partial charge on any atom is -0.493 e. The van der Waals surface area contributed by atoms with Crippen LogP contribution in [0.3, 0.4) is 0 Å². The van der Waals surface area contributed by atoms with Crippen molar-refractivity contribution in [2.45, 2.75) is 18.9 Å². The van der Waals surface area contributed by atoms with Crippen LogP contribution in [0.4, 0.5) is 0 Å². The molecule has 1 atom stereocenters. The second kappa shape index (κ2) is 6.78. The monoisotopic (exact) mass is 328 g/mol. The van der Waals surface area contributed by atoms with Crippen LogP contribution in [-0.2, 0) is 0 Å². The molecule has 1 aliphatic rings. The van der Waals surface area contributed by atoms with E-state index in [1.54, 1.807) is 31.3 Å². The highest BCUT2D eigenvalue weighted by Crippen LogP contribution is 2.37. The van der Waals surface area contributed by atoms with Crippen molar-refractivity contribution in [3.8, 4) is 11.5 Å². The van der Waals surface area contributed by atoms with E-state index in [-0.39, 0.29) is 23.1 Å². The number of aromatic nitrogens is 1. The zero-order chi connectivity index (χ0) is 17.1. The molecule has 1 aromatic carbocycles. The average Bonchev–Trinajstić information content (AvgIpc) is 3.10. The number of rotatable bonds is 4. The molecule has 2 heterocycles. The maximum Gasteiger partial charge on any atom is 0.260 e. The number of hydrogen-bond donors (Lipinski definition) is 1. The Labute approximate surface area is 140 Å². The Balaban J connectivity index is 1.92. The lowest BCUT2D eigenvalue weighted by Gasteiger charge is -2.25. The molecule has 2 aromatic rings. The van der Waals surface area contributed by atoms with E-state index >= 15 is 0 Å². The van der Waals surface area contributed by atoms with Gasteiger partial charge in [-0.25, -0.2) is 0 Å². The normalized spacial score (nSPS) is 16.9. The molecule has 0 unspecified atom stereocenters. The number of ether oxygens (including phenoxy) is 2. The predicted octanol–water partition coefficient (Wildman–Crippen LogP) is 2.37. The summed E-state index contributed by atoms with van der Waals surface area (Å²) in [5.74, 6) is 1.04. The van der Waals surface area contributed by atoms with Gasteiger partial charge in [-0.2, -0.15) is 0 Å². The lowest BCUT2D eigenvalue weighted by molar-refractivity contribution is 0.0733. The van der Waals surface area contributed by atoms with Gasteiger partial charge < -0.3 is 19.4 Å². The van der Waals surface area contributed by atoms with E-state index in [1.165, 1.54) is 6.20 Å². The van der Waals surface area contributed by atoms with Crippen LogP contribution in [0.1, 0.15) is 34.8 Å². The topological polar surface area (TPSA) is 71.6 Å². The van der Waals surface area contributed by atoms with E-state index in [2.05, 4.69) is 4.98 Å². The number of benzene rings is 1. The van der Waals surface area contributed by atoms with E-state index in [4.69, 9.17) is 9.47 Å². The van der Waals surface area contributed by atoms with Crippen LogP contribution in [0.5, 0.6) is 11.5 Å². The minimum atomic E-state index is -0.361. The van der Waals surface area contributed by atoms with Crippen LogP contribution in [0.2, 0.25) is 0 Å². The van der Waals surface area contributed by atoms with Gasteiger partial charge in [0.25, 0.3) is 11.5 Å². The van der Waals surface area contributed by atoms with E-state index in [0.717, 1.165) is 18.4 Å². The molecule has 1 N–H and O–H groups in total. The van der Waals surface area contributed by atoms with Crippen LogP contribution in [-0.4, -0.2) is 36.6 Å². The summed E-state index contributed by atoms with van der Waals surface area (Å²) in [5.41, 5.74) is 0.788. The molecule has 6 heteroatoms. The summed E-state index contributed by atoms with van der Waals surface area (Å²) in [4.78, 5) is 29.0. The van der Waals surface area contributed by atoms with Crippen molar-refractivity contribution in [1.29, 1.82) is 0 Å². The first-order chi connectivity index (χ1) is 11.7. The number of hydrogen-bond acceptors (Lipinski definition) is 4. The summed E-state index contributed by atoms with van der Waals surface area (Å²) in [6.07, 6.45) is 3.27. The number of H-pyrrole nitrogens is 1. The van der Waals surface area contributed by atoms with Gasteiger partial charge in [0, 0.05) is 12.7 Å². The highest BCUT2D eigenvalue weighted by Gasteiger charge is 2.32. The molecule has 1 aliphatic heterocycles. The molecule has 1 aromatic heterocycles. The first kappa shape index (κ1) is 16.1. The second-order valence-electron chi connectivity index (χ2n) is 5.68. The molecule has 6 nitrogen and oxygen atoms in total. The standard InChI is InChI=1S/C18H20N2O4/c1-23-15-8-7-12(11-16(15)24-2)14-6-4-10-20(14)18(22)13-5-3-9-19-17(13)21/h3,5,7-9,11,14H,4,6,10H2,1-2H3,(H,19,21)/t14-/m0/s1. The molecule has 0 spiro atoms. The number of likely N-dealkylation sites (tertiary alicyclic amines) is 1. The van der Waals surface area contributed by atoms with Crippen LogP contribution >= 0.6 is 0 Å². The molecule has 0 aliphatic carbocycles. The first-order valence-corrected chi connectivity index (χ1v) is 7.86. The van der Waals surface area contributed by atoms with E-state index in [9.17, 15) is 9.59 Å². The molecule has 3 rings (SSSR count). The van der Waals surface area contributed by atoms with Crippen molar-refractivity contribution in [2.75, 3.05) is 20.8 Å². The third-order valence-corrected chi connectivity index (χ3v) is 4.35. The summed E-state index contributed by atoms with van der Waals surface area (Å²) in [5, 5.41) is 0. The van der Waals surface area contributed by atoms with Crippen LogP contribution in [0.25, 0.3) is 0 Å². The van der Waals surface area contributed by atoms with Gasteiger partial charge in [-0.3, -0.25) is 9.59 Å². The van der Waals surface area contributed by atoms with E-state index < -0.39 is 0 Å². The van der Waals surface area contributed by atoms with Crippen molar-refractivity contribution >= 4 is 5.91 Å². The average molecular weight is 328 g/mol. The summed E-state index contributed by atoms with van der Waals surface area (Å²) in [6.45, 7) is 0.631. The third-order valence-electron chi connectivity index (χ3n) is 4.35. The Hall–Kier alpha value is -2.76. The smallest absolute Gasteiger partial charge is 0.260 e. The number of carbonyl (C=O) groups excluding carboxylic acids is 1. The largest absolute Gasteiger partial charge is 0.493 e. The number of pyridine rings is 1. The Morgan fingerprint density at radius 2 is 2.00 bits per heavy atom. The predicted molar refractivity (Wildman–Crippen MR) is 89.6 cm³/mol. The number of aromatic amines is 1. The van der Waals surface area contributed by atoms with Crippen molar-refractivity contribution in [3.63, 3.8) is 0 Å². The van der Waals surface area contributed by atoms with Crippen molar-refractivity contribution in [1.82, 2.24) is 9.88 Å². The molecular weight excluding hydrogens is 308 g/mol. The number of carbonyl (C=O) groups is 1. The molecule has 0 saturated carbocycles. The summed E-state index contributed by atoms with van der Waals surface area (Å²) >= 11 is 0. The number of methoxy groups -OCH3 is 2. The molecule has 1 fully saturated rings. The first-order valence-electron chi connectivity index (χ1n) is 7.86. The number of nitrogens with one attached hydrogen (secondary N) is 1. The fourth-order valence-electron chi connectivity index (χ4n) is 3.16. The van der Waals surface area contributed by atoms with Gasteiger partial charge in [0.15, 0.2) is 11.5 Å². The van der Waals surface area contributed by atoms with E-state index in [1.807, 2.05) is 18.2 Å². The van der Waals surface area contributed by atoms with E-state index in [0.29, 0.717) is 18.0 Å². The van der Waals surface area contributed by atoms with Crippen molar-refractivity contribution in [3.05, 3.63) is 58.0 Å². The van der Waals surface area contributed by atoms with Gasteiger partial charge in [-0.1, -0.05) is 6.07 Å². The maximum absolute atomic E-state index is 12.8. The summed E-state index contributed by atoms with van der Waals surface area (Å²) < 4.78 is 10.6. The Kier molecular flexibility index (Phi) is 4.55. The molecule has 0 radical (unpaired) electrons. The highest BCUT2D eigenvalue weighted by atomic mass is 16.5. The number of nitrogens with zero attached hydrogens (tertiary/aromatic N) is 1. The maximum atomic E-state index is 12.8. The van der Waals surface area contributed by atoms with Gasteiger partial charge in [-0.05, 0) is 42.7 Å². The Morgan fingerprint density at radius 3 is 2.71 bits per heavy atom. The molecule has 1 saturated heterocycles. The van der Waals surface area contributed by atoms with Crippen molar-refractivity contribution in [2.24, 2.45) is 0 Å². The van der Waals surface area contributed by atoms with Crippen LogP contribution < -0.4 is 15.0 Å². The minimum absolute atomic E-state index is 0.0723. The second-order valence-corrected chi connectivity index (χ2v) is 5.68.